The van der Waals surface area contributed by atoms with Crippen LogP contribution >= 0.6 is 0 Å². The lowest BCUT2D eigenvalue weighted by atomic mass is 9.60. The fourth-order valence-electron chi connectivity index (χ4n) is 7.10. The van der Waals surface area contributed by atoms with Crippen LogP contribution in [0.2, 0.25) is 0 Å². The molecule has 0 spiro atoms. The van der Waals surface area contributed by atoms with Gasteiger partial charge in [-0.15, -0.1) is 4.91 Å². The maximum atomic E-state index is 12.7. The van der Waals surface area contributed by atoms with Crippen molar-refractivity contribution in [2.75, 3.05) is 0 Å². The lowest BCUT2D eigenvalue weighted by molar-refractivity contribution is 0.217. The van der Waals surface area contributed by atoms with Gasteiger partial charge in [-0.25, -0.2) is 0 Å². The van der Waals surface area contributed by atoms with Crippen LogP contribution in [-0.2, 0) is 6.42 Å². The van der Waals surface area contributed by atoms with Gasteiger partial charge in [0.2, 0.25) is 0 Å². The number of hydrogen-bond acceptors (Lipinski definition) is 2. The third-order valence-corrected chi connectivity index (χ3v) is 10.1. The molecule has 0 heterocycles. The van der Waals surface area contributed by atoms with Crippen LogP contribution in [0.15, 0.2) is 84.2 Å². The summed E-state index contributed by atoms with van der Waals surface area (Å²) in [6, 6.07) is 2.29. The molecule has 2 heteroatoms. The molecule has 4 atom stereocenters. The second-order valence-electron chi connectivity index (χ2n) is 12.7. The van der Waals surface area contributed by atoms with Crippen LogP contribution in [0.25, 0.3) is 11.1 Å². The first kappa shape index (κ1) is 31.5. The average molecular weight is 538 g/mol. The van der Waals surface area contributed by atoms with Gasteiger partial charge in [0.25, 0.3) is 0 Å². The normalized spacial score (nSPS) is 25.0. The molecule has 1 aromatic rings. The molecular formula is C38H51NO. The van der Waals surface area contributed by atoms with Crippen molar-refractivity contribution in [2.24, 2.45) is 28.8 Å². The van der Waals surface area contributed by atoms with Crippen LogP contribution in [0.4, 0.5) is 0 Å². The van der Waals surface area contributed by atoms with Crippen molar-refractivity contribution in [3.05, 3.63) is 112 Å². The summed E-state index contributed by atoms with van der Waals surface area (Å²) in [5, 5.41) is 3.86. The molecule has 0 aromatic heterocycles. The van der Waals surface area contributed by atoms with Gasteiger partial charge in [0.15, 0.2) is 0 Å². The minimum atomic E-state index is -0.802. The number of rotatable bonds is 10. The van der Waals surface area contributed by atoms with E-state index in [0.29, 0.717) is 24.2 Å². The summed E-state index contributed by atoms with van der Waals surface area (Å²) < 4.78 is 0. The van der Waals surface area contributed by atoms with E-state index in [1.807, 2.05) is 6.92 Å². The largest absolute Gasteiger partial charge is 0.150 e. The van der Waals surface area contributed by atoms with Gasteiger partial charge in [-0.05, 0) is 127 Å². The van der Waals surface area contributed by atoms with Crippen LogP contribution in [0.1, 0.15) is 95.0 Å². The second kappa shape index (κ2) is 12.2. The molecule has 3 unspecified atom stereocenters. The van der Waals surface area contributed by atoms with Gasteiger partial charge in [-0.2, -0.15) is 0 Å². The highest BCUT2D eigenvalue weighted by Gasteiger charge is 2.48. The maximum absolute atomic E-state index is 12.7. The molecule has 0 radical (unpaired) electrons. The molecule has 0 N–H and O–H groups in total. The summed E-state index contributed by atoms with van der Waals surface area (Å²) in [7, 11) is 0. The van der Waals surface area contributed by atoms with Gasteiger partial charge >= 0.3 is 0 Å². The van der Waals surface area contributed by atoms with Gasteiger partial charge in [0, 0.05) is 0 Å². The summed E-state index contributed by atoms with van der Waals surface area (Å²) in [5.74, 6) is 1.15. The Bertz CT molecular complexity index is 1330. The van der Waals surface area contributed by atoms with Gasteiger partial charge in [-0.3, -0.25) is 0 Å². The molecule has 0 saturated heterocycles. The number of benzene rings is 1. The number of aryl methyl sites for hydroxylation is 1. The van der Waals surface area contributed by atoms with E-state index >= 15 is 0 Å². The van der Waals surface area contributed by atoms with Crippen LogP contribution in [0.5, 0.6) is 0 Å². The van der Waals surface area contributed by atoms with Crippen LogP contribution in [0, 0.1) is 42.4 Å². The van der Waals surface area contributed by atoms with E-state index in [1.165, 1.54) is 39.0 Å². The van der Waals surface area contributed by atoms with Crippen molar-refractivity contribution < 1.29 is 0 Å². The topological polar surface area (TPSA) is 29.4 Å². The van der Waals surface area contributed by atoms with E-state index < -0.39 is 5.54 Å². The third-order valence-electron chi connectivity index (χ3n) is 10.1. The van der Waals surface area contributed by atoms with Crippen molar-refractivity contribution in [3.8, 4) is 0 Å². The van der Waals surface area contributed by atoms with E-state index in [1.54, 1.807) is 0 Å². The first-order chi connectivity index (χ1) is 18.7. The summed E-state index contributed by atoms with van der Waals surface area (Å²) in [6.07, 6.45) is 8.51. The first-order valence-electron chi connectivity index (χ1n) is 15.1. The molecular weight excluding hydrogens is 486 g/mol. The lowest BCUT2D eigenvalue weighted by Gasteiger charge is -2.45. The molecule has 40 heavy (non-hydrogen) atoms. The molecule has 2 aliphatic rings. The molecule has 0 amide bonds. The highest BCUT2D eigenvalue weighted by Crippen LogP contribution is 2.53. The zero-order valence-electron chi connectivity index (χ0n) is 26.5. The predicted octanol–water partition coefficient (Wildman–Crippen LogP) is 11.1. The number of hydrogen-bond donors (Lipinski definition) is 0. The molecule has 0 saturated carbocycles. The maximum Gasteiger partial charge on any atom is 0.130 e. The Morgan fingerprint density at radius 2 is 1.77 bits per heavy atom. The quantitative estimate of drug-likeness (QED) is 0.215. The Balaban J connectivity index is 2.09. The Kier molecular flexibility index (Phi) is 9.66. The monoisotopic (exact) mass is 537 g/mol. The highest BCUT2D eigenvalue weighted by molar-refractivity contribution is 5.83. The number of allylic oxidation sites excluding steroid dienone is 7. The van der Waals surface area contributed by atoms with Gasteiger partial charge in [0.05, 0.1) is 0 Å². The van der Waals surface area contributed by atoms with Crippen molar-refractivity contribution >= 4 is 11.1 Å². The summed E-state index contributed by atoms with van der Waals surface area (Å²) in [6.45, 7) is 39.4. The van der Waals surface area contributed by atoms with Crippen LogP contribution in [-0.4, -0.2) is 5.54 Å². The van der Waals surface area contributed by atoms with Crippen LogP contribution in [0.3, 0.4) is 0 Å². The minimum Gasteiger partial charge on any atom is -0.150 e. The average Bonchev–Trinajstić information content (AvgIpc) is 2.91. The second-order valence-corrected chi connectivity index (χ2v) is 12.7. The Morgan fingerprint density at radius 3 is 2.30 bits per heavy atom. The number of fused-ring (bicyclic) bond motifs is 1. The van der Waals surface area contributed by atoms with Crippen molar-refractivity contribution in [3.63, 3.8) is 0 Å². The zero-order valence-corrected chi connectivity index (χ0v) is 26.5. The summed E-state index contributed by atoms with van der Waals surface area (Å²) in [4.78, 5) is 12.7. The molecule has 214 valence electrons. The Morgan fingerprint density at radius 1 is 1.12 bits per heavy atom. The fourth-order valence-corrected chi connectivity index (χ4v) is 7.10. The number of nitrogens with zero attached hydrogens (tertiary/aromatic N) is 1. The predicted molar refractivity (Wildman–Crippen MR) is 176 cm³/mol. The Hall–Kier alpha value is -3.00. The first-order valence-corrected chi connectivity index (χ1v) is 15.1. The van der Waals surface area contributed by atoms with Crippen molar-refractivity contribution in [1.29, 1.82) is 0 Å². The van der Waals surface area contributed by atoms with Gasteiger partial charge in [-0.1, -0.05) is 108 Å². The van der Waals surface area contributed by atoms with Crippen LogP contribution < -0.4 is 0 Å². The zero-order chi connectivity index (χ0) is 30.1. The van der Waals surface area contributed by atoms with Crippen molar-refractivity contribution in [1.82, 2.24) is 0 Å². The van der Waals surface area contributed by atoms with Gasteiger partial charge < -0.3 is 0 Å². The number of nitroso groups, excluding NO2 is 1. The molecule has 2 nitrogen and oxygen atoms in total. The molecule has 1 aromatic carbocycles. The molecule has 0 bridgehead atoms. The summed E-state index contributed by atoms with van der Waals surface area (Å²) in [5.41, 5.74) is 13.2. The lowest BCUT2D eigenvalue weighted by Crippen LogP contribution is -2.43. The molecule has 0 fully saturated rings. The molecule has 3 rings (SSSR count). The SMILES string of the molecule is C=C(C)C1=C(CC)CC(CC2Cc3c(C(=C)/C=C\C(=C)C(C)C)cc(C)c(C)c3C(=C)C2C)[C@](CC)(N=O)C1=C. The Labute approximate surface area is 244 Å². The standard InChI is InChI=1S/C38H51NO/c1-14-31-19-33(38(15-2,39-40)30(13)36(31)23(5)6)20-32-21-35-34(25(8)17-16-24(7)22(3)4)18-26(9)27(10)37(35)29(12)28(32)11/h16-18,22,28,32-33H,5,7-8,12-15,19-21H2,1-4,6,9-11H3/b17-16-/t28?,32?,33?,38-/m1/s1. The third kappa shape index (κ3) is 5.47. The highest BCUT2D eigenvalue weighted by atomic mass is 16.3. The summed E-state index contributed by atoms with van der Waals surface area (Å²) >= 11 is 0. The molecule has 2 aliphatic carbocycles. The smallest absolute Gasteiger partial charge is 0.130 e. The van der Waals surface area contributed by atoms with E-state index in [-0.39, 0.29) is 5.92 Å². The van der Waals surface area contributed by atoms with E-state index in [9.17, 15) is 4.91 Å². The van der Waals surface area contributed by atoms with E-state index in [4.69, 9.17) is 0 Å². The fraction of sp³-hybridized carbons (Fsp3) is 0.474. The van der Waals surface area contributed by atoms with Gasteiger partial charge in [0.1, 0.15) is 5.54 Å². The minimum absolute atomic E-state index is 0.106. The molecule has 0 aliphatic heterocycles. The van der Waals surface area contributed by atoms with Crippen molar-refractivity contribution in [2.45, 2.75) is 93.0 Å². The van der Waals surface area contributed by atoms with E-state index in [2.05, 4.69) is 105 Å². The van der Waals surface area contributed by atoms with E-state index in [0.717, 1.165) is 53.5 Å².